The lowest BCUT2D eigenvalue weighted by Crippen LogP contribution is -2.40. The molecule has 1 heterocycles. The molecule has 0 spiro atoms. The average Bonchev–Trinajstić information content (AvgIpc) is 2.71. The van der Waals surface area contributed by atoms with Crippen LogP contribution in [0.3, 0.4) is 0 Å². The lowest BCUT2D eigenvalue weighted by Gasteiger charge is -2.15. The van der Waals surface area contributed by atoms with E-state index >= 15 is 0 Å². The molecule has 2 aliphatic rings. The first-order chi connectivity index (χ1) is 8.58. The Bertz CT molecular complexity index is 500. The zero-order chi connectivity index (χ0) is 13.1. The number of carboxylic acids is 1. The van der Waals surface area contributed by atoms with E-state index in [0.717, 1.165) is 11.1 Å². The Kier molecular flexibility index (Phi) is 3.41. The number of aliphatic imine (C=N–C) groups is 1. The Morgan fingerprint density at radius 3 is 2.94 bits per heavy atom. The number of allylic oxidation sites excluding steroid dienone is 2. The van der Waals surface area contributed by atoms with Crippen molar-refractivity contribution in [1.29, 1.82) is 0 Å². The SMILES string of the molecule is CC(=O)NC(CC1=C2C=CC=CC2N=C1)C(=O)O. The second kappa shape index (κ2) is 5.00. The number of nitrogens with one attached hydrogen (secondary N) is 1. The first kappa shape index (κ1) is 12.3. The van der Waals surface area contributed by atoms with Crippen molar-refractivity contribution in [2.45, 2.75) is 25.4 Å². The van der Waals surface area contributed by atoms with Crippen LogP contribution in [0.1, 0.15) is 13.3 Å². The third kappa shape index (κ3) is 2.56. The summed E-state index contributed by atoms with van der Waals surface area (Å²) in [7, 11) is 0. The predicted molar refractivity (Wildman–Crippen MR) is 67.4 cm³/mol. The molecule has 2 rings (SSSR count). The maximum atomic E-state index is 11.1. The molecule has 1 amide bonds. The van der Waals surface area contributed by atoms with Gasteiger partial charge in [0.25, 0.3) is 0 Å². The molecule has 1 aliphatic carbocycles. The molecule has 5 nitrogen and oxygen atoms in total. The summed E-state index contributed by atoms with van der Waals surface area (Å²) in [5, 5.41) is 11.5. The lowest BCUT2D eigenvalue weighted by atomic mass is 9.96. The number of hydrogen-bond donors (Lipinski definition) is 2. The van der Waals surface area contributed by atoms with Crippen LogP contribution in [0.4, 0.5) is 0 Å². The van der Waals surface area contributed by atoms with E-state index in [1.165, 1.54) is 6.92 Å². The molecule has 0 saturated carbocycles. The number of hydrogen-bond acceptors (Lipinski definition) is 3. The van der Waals surface area contributed by atoms with E-state index in [-0.39, 0.29) is 18.4 Å². The number of nitrogens with zero attached hydrogens (tertiary/aromatic N) is 1. The van der Waals surface area contributed by atoms with Crippen molar-refractivity contribution in [3.8, 4) is 0 Å². The van der Waals surface area contributed by atoms with E-state index in [4.69, 9.17) is 5.11 Å². The molecule has 0 aromatic rings. The van der Waals surface area contributed by atoms with Crippen molar-refractivity contribution in [1.82, 2.24) is 5.32 Å². The molecule has 94 valence electrons. The summed E-state index contributed by atoms with van der Waals surface area (Å²) in [6.07, 6.45) is 9.64. The molecule has 0 bridgehead atoms. The van der Waals surface area contributed by atoms with Crippen LogP contribution in [0, 0.1) is 0 Å². The number of carbonyl (C=O) groups excluding carboxylic acids is 1. The van der Waals surface area contributed by atoms with Gasteiger partial charge in [-0.2, -0.15) is 0 Å². The van der Waals surface area contributed by atoms with Gasteiger partial charge in [0.05, 0.1) is 6.04 Å². The minimum absolute atomic E-state index is 0.00299. The van der Waals surface area contributed by atoms with E-state index in [1.54, 1.807) is 6.21 Å². The fourth-order valence-corrected chi connectivity index (χ4v) is 2.04. The van der Waals surface area contributed by atoms with Crippen LogP contribution in [-0.4, -0.2) is 35.3 Å². The monoisotopic (exact) mass is 246 g/mol. The molecular formula is C13H14N2O3. The minimum atomic E-state index is -1.04. The van der Waals surface area contributed by atoms with Crippen molar-refractivity contribution >= 4 is 18.1 Å². The molecule has 2 unspecified atom stereocenters. The molecule has 0 saturated heterocycles. The van der Waals surface area contributed by atoms with Crippen LogP contribution in [0.2, 0.25) is 0 Å². The van der Waals surface area contributed by atoms with E-state index in [9.17, 15) is 9.59 Å². The minimum Gasteiger partial charge on any atom is -0.480 e. The number of amides is 1. The Labute approximate surface area is 105 Å². The van der Waals surface area contributed by atoms with Gasteiger partial charge in [-0.3, -0.25) is 9.79 Å². The topological polar surface area (TPSA) is 78.8 Å². The molecule has 0 radical (unpaired) electrons. The van der Waals surface area contributed by atoms with Gasteiger partial charge in [-0.05, 0) is 11.1 Å². The van der Waals surface area contributed by atoms with Gasteiger partial charge in [0.15, 0.2) is 0 Å². The van der Waals surface area contributed by atoms with E-state index in [2.05, 4.69) is 10.3 Å². The molecule has 18 heavy (non-hydrogen) atoms. The number of carbonyl (C=O) groups is 2. The molecule has 1 aliphatic heterocycles. The zero-order valence-electron chi connectivity index (χ0n) is 9.96. The predicted octanol–water partition coefficient (Wildman–Crippen LogP) is 0.841. The summed E-state index contributed by atoms with van der Waals surface area (Å²) in [5.41, 5.74) is 1.87. The van der Waals surface area contributed by atoms with Crippen LogP contribution in [0.25, 0.3) is 0 Å². The van der Waals surface area contributed by atoms with Crippen molar-refractivity contribution < 1.29 is 14.7 Å². The summed E-state index contributed by atoms with van der Waals surface area (Å²) in [6.45, 7) is 1.31. The smallest absolute Gasteiger partial charge is 0.326 e. The molecular weight excluding hydrogens is 232 g/mol. The second-order valence-electron chi connectivity index (χ2n) is 4.24. The van der Waals surface area contributed by atoms with Crippen molar-refractivity contribution in [2.24, 2.45) is 4.99 Å². The highest BCUT2D eigenvalue weighted by Gasteiger charge is 2.25. The molecule has 2 N–H and O–H groups in total. The van der Waals surface area contributed by atoms with Gasteiger partial charge in [0.2, 0.25) is 5.91 Å². The normalized spacial score (nSPS) is 21.9. The molecule has 0 aromatic carbocycles. The van der Waals surface area contributed by atoms with Crippen LogP contribution in [-0.2, 0) is 9.59 Å². The van der Waals surface area contributed by atoms with Gasteiger partial charge in [-0.1, -0.05) is 24.3 Å². The highest BCUT2D eigenvalue weighted by Crippen LogP contribution is 2.26. The third-order valence-corrected chi connectivity index (χ3v) is 2.86. The number of carboxylic acid groups (broad SMARTS) is 1. The lowest BCUT2D eigenvalue weighted by molar-refractivity contribution is -0.141. The maximum absolute atomic E-state index is 11.1. The van der Waals surface area contributed by atoms with Gasteiger partial charge < -0.3 is 10.4 Å². The van der Waals surface area contributed by atoms with Gasteiger partial charge in [0.1, 0.15) is 6.04 Å². The molecule has 0 fully saturated rings. The fraction of sp³-hybridized carbons (Fsp3) is 0.308. The third-order valence-electron chi connectivity index (χ3n) is 2.86. The summed E-state index contributed by atoms with van der Waals surface area (Å²) in [5.74, 6) is -1.39. The van der Waals surface area contributed by atoms with Gasteiger partial charge >= 0.3 is 5.97 Å². The number of rotatable bonds is 4. The number of fused-ring (bicyclic) bond motifs is 1. The van der Waals surface area contributed by atoms with Crippen LogP contribution in [0.5, 0.6) is 0 Å². The van der Waals surface area contributed by atoms with Crippen LogP contribution in [0.15, 0.2) is 40.4 Å². The van der Waals surface area contributed by atoms with E-state index in [0.29, 0.717) is 0 Å². The molecule has 5 heteroatoms. The highest BCUT2D eigenvalue weighted by molar-refractivity contribution is 5.88. The second-order valence-corrected chi connectivity index (χ2v) is 4.24. The van der Waals surface area contributed by atoms with Gasteiger partial charge in [-0.25, -0.2) is 4.79 Å². The maximum Gasteiger partial charge on any atom is 0.326 e. The van der Waals surface area contributed by atoms with Crippen LogP contribution < -0.4 is 5.32 Å². The summed E-state index contributed by atoms with van der Waals surface area (Å²) >= 11 is 0. The first-order valence-corrected chi connectivity index (χ1v) is 5.69. The highest BCUT2D eigenvalue weighted by atomic mass is 16.4. The van der Waals surface area contributed by atoms with Crippen molar-refractivity contribution in [2.75, 3.05) is 0 Å². The quantitative estimate of drug-likeness (QED) is 0.771. The zero-order valence-corrected chi connectivity index (χ0v) is 9.96. The van der Waals surface area contributed by atoms with E-state index in [1.807, 2.05) is 24.3 Å². The summed E-state index contributed by atoms with van der Waals surface area (Å²) < 4.78 is 0. The Balaban J connectivity index is 2.15. The van der Waals surface area contributed by atoms with Gasteiger partial charge in [-0.15, -0.1) is 0 Å². The Hall–Kier alpha value is -2.17. The summed E-state index contributed by atoms with van der Waals surface area (Å²) in [4.78, 5) is 26.3. The molecule has 0 aromatic heterocycles. The van der Waals surface area contributed by atoms with Crippen molar-refractivity contribution in [3.05, 3.63) is 35.5 Å². The van der Waals surface area contributed by atoms with Gasteiger partial charge in [0, 0.05) is 19.6 Å². The standard InChI is InChI=1S/C13H14N2O3/c1-8(16)15-12(13(17)18)6-9-7-14-11-5-3-2-4-10(9)11/h2-5,7,11-12H,6H2,1H3,(H,15,16)(H,17,18). The van der Waals surface area contributed by atoms with Crippen LogP contribution >= 0.6 is 0 Å². The number of aliphatic carboxylic acids is 1. The molecule has 2 atom stereocenters. The Morgan fingerprint density at radius 1 is 1.50 bits per heavy atom. The average molecular weight is 246 g/mol. The van der Waals surface area contributed by atoms with E-state index < -0.39 is 12.0 Å². The largest absolute Gasteiger partial charge is 0.480 e. The first-order valence-electron chi connectivity index (χ1n) is 5.69. The summed E-state index contributed by atoms with van der Waals surface area (Å²) in [6, 6.07) is -0.911. The van der Waals surface area contributed by atoms with Crippen molar-refractivity contribution in [3.63, 3.8) is 0 Å². The fourth-order valence-electron chi connectivity index (χ4n) is 2.04. The Morgan fingerprint density at radius 2 is 2.28 bits per heavy atom.